The van der Waals surface area contributed by atoms with E-state index in [1.54, 1.807) is 0 Å². The van der Waals surface area contributed by atoms with Gasteiger partial charge in [-0.3, -0.25) is 0 Å². The molecule has 1 unspecified atom stereocenters. The van der Waals surface area contributed by atoms with Gasteiger partial charge in [0.2, 0.25) is 0 Å². The summed E-state index contributed by atoms with van der Waals surface area (Å²) < 4.78 is 39.8. The monoisotopic (exact) mass is 364 g/mol. The van der Waals surface area contributed by atoms with Gasteiger partial charge < -0.3 is 10.2 Å². The van der Waals surface area contributed by atoms with Gasteiger partial charge >= 0.3 is 6.18 Å². The lowest BCUT2D eigenvalue weighted by atomic mass is 9.96. The number of nitrogens with zero attached hydrogens (tertiary/aromatic N) is 1. The highest BCUT2D eigenvalue weighted by Gasteiger charge is 2.42. The van der Waals surface area contributed by atoms with Gasteiger partial charge in [0.15, 0.2) is 0 Å². The zero-order valence-electron chi connectivity index (χ0n) is 12.0. The van der Waals surface area contributed by atoms with E-state index in [0.29, 0.717) is 19.5 Å². The molecule has 118 valence electrons. The van der Waals surface area contributed by atoms with Gasteiger partial charge in [0, 0.05) is 29.8 Å². The maximum atomic E-state index is 13.0. The number of hydrogen-bond acceptors (Lipinski definition) is 2. The van der Waals surface area contributed by atoms with Crippen molar-refractivity contribution in [2.24, 2.45) is 5.92 Å². The average molecular weight is 365 g/mol. The number of piperidine rings is 1. The molecule has 1 N–H and O–H groups in total. The predicted octanol–water partition coefficient (Wildman–Crippen LogP) is 4.34. The van der Waals surface area contributed by atoms with Crippen LogP contribution in [0.5, 0.6) is 0 Å². The minimum Gasteiger partial charge on any atom is -0.371 e. The van der Waals surface area contributed by atoms with Crippen LogP contribution in [0.15, 0.2) is 22.7 Å². The van der Waals surface area contributed by atoms with Crippen LogP contribution in [0.4, 0.5) is 18.9 Å². The SMILES string of the molecule is CCNCc1ccc(Br)cc1N1CCCC(C(F)(F)F)C1. The molecule has 1 saturated heterocycles. The molecule has 2 rings (SSSR count). The van der Waals surface area contributed by atoms with Crippen molar-refractivity contribution < 1.29 is 13.2 Å². The van der Waals surface area contributed by atoms with Crippen LogP contribution < -0.4 is 10.2 Å². The second-order valence-corrected chi connectivity index (χ2v) is 6.30. The Hall–Kier alpha value is -0.750. The molecule has 21 heavy (non-hydrogen) atoms. The molecule has 1 atom stereocenters. The normalized spacial score (nSPS) is 19.9. The average Bonchev–Trinajstić information content (AvgIpc) is 2.45. The van der Waals surface area contributed by atoms with Crippen LogP contribution in [-0.2, 0) is 6.54 Å². The Balaban J connectivity index is 2.21. The van der Waals surface area contributed by atoms with Crippen molar-refractivity contribution in [1.29, 1.82) is 0 Å². The van der Waals surface area contributed by atoms with E-state index in [4.69, 9.17) is 0 Å². The molecule has 0 spiro atoms. The van der Waals surface area contributed by atoms with E-state index < -0.39 is 12.1 Å². The summed E-state index contributed by atoms with van der Waals surface area (Å²) in [7, 11) is 0. The molecule has 0 amide bonds. The number of rotatable bonds is 4. The summed E-state index contributed by atoms with van der Waals surface area (Å²) in [6.45, 7) is 4.26. The summed E-state index contributed by atoms with van der Waals surface area (Å²) in [6.07, 6.45) is -3.29. The van der Waals surface area contributed by atoms with Gasteiger partial charge in [-0.25, -0.2) is 0 Å². The van der Waals surface area contributed by atoms with E-state index in [0.717, 1.165) is 22.3 Å². The molecule has 0 aromatic heterocycles. The molecular weight excluding hydrogens is 345 g/mol. The molecule has 1 aromatic carbocycles. The summed E-state index contributed by atoms with van der Waals surface area (Å²) in [4.78, 5) is 1.87. The largest absolute Gasteiger partial charge is 0.393 e. The van der Waals surface area contributed by atoms with Gasteiger partial charge in [0.05, 0.1) is 5.92 Å². The van der Waals surface area contributed by atoms with Crippen LogP contribution in [0.1, 0.15) is 25.3 Å². The number of anilines is 1. The lowest BCUT2D eigenvalue weighted by Crippen LogP contribution is -2.42. The molecule has 1 aliphatic heterocycles. The minimum absolute atomic E-state index is 0.0546. The number of hydrogen-bond donors (Lipinski definition) is 1. The molecule has 6 heteroatoms. The highest BCUT2D eigenvalue weighted by molar-refractivity contribution is 9.10. The van der Waals surface area contributed by atoms with Crippen LogP contribution in [0, 0.1) is 5.92 Å². The van der Waals surface area contributed by atoms with E-state index in [1.807, 2.05) is 30.0 Å². The Labute approximate surface area is 131 Å². The fraction of sp³-hybridized carbons (Fsp3) is 0.600. The molecule has 1 aromatic rings. The van der Waals surface area contributed by atoms with Crippen molar-refractivity contribution in [1.82, 2.24) is 5.32 Å². The Morgan fingerprint density at radius 1 is 1.38 bits per heavy atom. The van der Waals surface area contributed by atoms with Crippen molar-refractivity contribution in [3.05, 3.63) is 28.2 Å². The lowest BCUT2D eigenvalue weighted by molar-refractivity contribution is -0.176. The lowest BCUT2D eigenvalue weighted by Gasteiger charge is -2.36. The zero-order valence-corrected chi connectivity index (χ0v) is 13.6. The quantitative estimate of drug-likeness (QED) is 0.854. The van der Waals surface area contributed by atoms with Crippen molar-refractivity contribution >= 4 is 21.6 Å². The van der Waals surface area contributed by atoms with Crippen LogP contribution in [-0.4, -0.2) is 25.8 Å². The Kier molecular flexibility index (Phi) is 5.54. The summed E-state index contributed by atoms with van der Waals surface area (Å²) in [5.41, 5.74) is 1.95. The van der Waals surface area contributed by atoms with Crippen molar-refractivity contribution in [3.63, 3.8) is 0 Å². The van der Waals surface area contributed by atoms with Crippen molar-refractivity contribution in [3.8, 4) is 0 Å². The predicted molar refractivity (Wildman–Crippen MR) is 82.5 cm³/mol. The standard InChI is InChI=1S/C15H20BrF3N2/c1-2-20-9-11-5-6-13(16)8-14(11)21-7-3-4-12(10-21)15(17,18)19/h5-6,8,12,20H,2-4,7,9-10H2,1H3. The Morgan fingerprint density at radius 2 is 2.14 bits per heavy atom. The molecule has 0 bridgehead atoms. The van der Waals surface area contributed by atoms with Gasteiger partial charge in [-0.05, 0) is 37.1 Å². The van der Waals surface area contributed by atoms with Gasteiger partial charge in [-0.1, -0.05) is 28.9 Å². The first-order chi connectivity index (χ1) is 9.91. The topological polar surface area (TPSA) is 15.3 Å². The number of alkyl halides is 3. The third kappa shape index (κ3) is 4.36. The maximum absolute atomic E-state index is 13.0. The van der Waals surface area contributed by atoms with E-state index in [-0.39, 0.29) is 13.0 Å². The van der Waals surface area contributed by atoms with Crippen LogP contribution >= 0.6 is 15.9 Å². The van der Waals surface area contributed by atoms with Gasteiger partial charge in [0.25, 0.3) is 0 Å². The molecule has 0 aliphatic carbocycles. The third-order valence-corrected chi connectivity index (χ3v) is 4.33. The number of halogens is 4. The highest BCUT2D eigenvalue weighted by atomic mass is 79.9. The van der Waals surface area contributed by atoms with Crippen molar-refractivity contribution in [2.45, 2.75) is 32.5 Å². The number of nitrogens with one attached hydrogen (secondary N) is 1. The molecule has 1 fully saturated rings. The fourth-order valence-corrected chi connectivity index (χ4v) is 3.05. The first kappa shape index (κ1) is 16.6. The summed E-state index contributed by atoms with van der Waals surface area (Å²) in [6, 6.07) is 5.83. The molecule has 2 nitrogen and oxygen atoms in total. The van der Waals surface area contributed by atoms with Gasteiger partial charge in [-0.15, -0.1) is 0 Å². The van der Waals surface area contributed by atoms with Crippen molar-refractivity contribution in [2.75, 3.05) is 24.5 Å². The summed E-state index contributed by atoms with van der Waals surface area (Å²) in [5.74, 6) is -1.22. The summed E-state index contributed by atoms with van der Waals surface area (Å²) in [5, 5.41) is 3.24. The Morgan fingerprint density at radius 3 is 2.81 bits per heavy atom. The second kappa shape index (κ2) is 7.01. The molecule has 0 radical (unpaired) electrons. The molecule has 0 saturated carbocycles. The first-order valence-corrected chi connectivity index (χ1v) is 8.02. The van der Waals surface area contributed by atoms with Gasteiger partial charge in [-0.2, -0.15) is 13.2 Å². The number of benzene rings is 1. The van der Waals surface area contributed by atoms with E-state index in [2.05, 4.69) is 21.2 Å². The second-order valence-electron chi connectivity index (χ2n) is 5.38. The molecular formula is C15H20BrF3N2. The van der Waals surface area contributed by atoms with E-state index >= 15 is 0 Å². The van der Waals surface area contributed by atoms with Gasteiger partial charge in [0.1, 0.15) is 0 Å². The fourth-order valence-electron chi connectivity index (χ4n) is 2.70. The maximum Gasteiger partial charge on any atom is 0.393 e. The van der Waals surface area contributed by atoms with Crippen LogP contribution in [0.3, 0.4) is 0 Å². The molecule has 1 aliphatic rings. The molecule has 1 heterocycles. The van der Waals surface area contributed by atoms with E-state index in [9.17, 15) is 13.2 Å². The Bertz CT molecular complexity index is 476. The third-order valence-electron chi connectivity index (χ3n) is 3.84. The zero-order chi connectivity index (χ0) is 15.5. The highest BCUT2D eigenvalue weighted by Crippen LogP contribution is 2.36. The van der Waals surface area contributed by atoms with E-state index in [1.165, 1.54) is 0 Å². The first-order valence-electron chi connectivity index (χ1n) is 7.22. The smallest absolute Gasteiger partial charge is 0.371 e. The summed E-state index contributed by atoms with van der Waals surface area (Å²) >= 11 is 3.42. The van der Waals surface area contributed by atoms with Crippen LogP contribution in [0.25, 0.3) is 0 Å². The van der Waals surface area contributed by atoms with Crippen LogP contribution in [0.2, 0.25) is 0 Å². The minimum atomic E-state index is -4.10.